The van der Waals surface area contributed by atoms with E-state index in [4.69, 9.17) is 0 Å². The fraction of sp³-hybridized carbons (Fsp3) is 0.462. The van der Waals surface area contributed by atoms with Crippen molar-refractivity contribution in [1.82, 2.24) is 4.98 Å². The molecule has 1 atom stereocenters. The monoisotopic (exact) mass is 252 g/mol. The molecule has 0 amide bonds. The lowest BCUT2D eigenvalue weighted by Crippen LogP contribution is -2.17. The Morgan fingerprint density at radius 3 is 2.82 bits per heavy atom. The highest BCUT2D eigenvalue weighted by atomic mass is 32.1. The molecule has 0 radical (unpaired) electrons. The molecule has 4 heteroatoms. The van der Waals surface area contributed by atoms with Crippen molar-refractivity contribution in [1.29, 1.82) is 0 Å². The summed E-state index contributed by atoms with van der Waals surface area (Å²) in [5.41, 5.74) is 0.731. The van der Waals surface area contributed by atoms with Gasteiger partial charge in [-0.3, -0.25) is 0 Å². The average molecular weight is 252 g/mol. The van der Waals surface area contributed by atoms with Crippen LogP contribution in [0.3, 0.4) is 0 Å². The van der Waals surface area contributed by atoms with Gasteiger partial charge in [0.05, 0.1) is 10.2 Å². The molecule has 0 fully saturated rings. The van der Waals surface area contributed by atoms with Crippen molar-refractivity contribution in [2.75, 3.05) is 5.32 Å². The van der Waals surface area contributed by atoms with E-state index in [0.717, 1.165) is 21.8 Å². The highest BCUT2D eigenvalue weighted by Crippen LogP contribution is 2.27. The zero-order chi connectivity index (χ0) is 12.4. The molecule has 2 aromatic rings. The molecule has 0 saturated carbocycles. The van der Waals surface area contributed by atoms with Crippen LogP contribution in [0.25, 0.3) is 10.2 Å². The summed E-state index contributed by atoms with van der Waals surface area (Å²) in [6, 6.07) is 5.12. The van der Waals surface area contributed by atoms with E-state index in [-0.39, 0.29) is 5.82 Å². The summed E-state index contributed by atoms with van der Waals surface area (Å²) in [5, 5.41) is 4.24. The summed E-state index contributed by atoms with van der Waals surface area (Å²) in [6.07, 6.45) is 1.10. The molecule has 92 valence electrons. The lowest BCUT2D eigenvalue weighted by atomic mass is 10.1. The van der Waals surface area contributed by atoms with Gasteiger partial charge in [-0.25, -0.2) is 9.37 Å². The number of nitrogens with zero attached hydrogens (tertiary/aromatic N) is 1. The maximum atomic E-state index is 13.0. The normalized spacial score (nSPS) is 13.2. The first-order valence-corrected chi connectivity index (χ1v) is 6.69. The lowest BCUT2D eigenvalue weighted by molar-refractivity contribution is 0.539. The van der Waals surface area contributed by atoms with Gasteiger partial charge in [-0.2, -0.15) is 0 Å². The molecule has 1 heterocycles. The van der Waals surface area contributed by atoms with Gasteiger partial charge >= 0.3 is 0 Å². The van der Waals surface area contributed by atoms with Crippen LogP contribution in [0.1, 0.15) is 27.2 Å². The number of halogens is 1. The predicted molar refractivity (Wildman–Crippen MR) is 72.1 cm³/mol. The van der Waals surface area contributed by atoms with Crippen LogP contribution in [0.4, 0.5) is 9.52 Å². The van der Waals surface area contributed by atoms with E-state index in [0.29, 0.717) is 12.0 Å². The molecule has 0 aliphatic heterocycles. The topological polar surface area (TPSA) is 24.9 Å². The fourth-order valence-corrected chi connectivity index (χ4v) is 2.90. The van der Waals surface area contributed by atoms with E-state index in [1.807, 2.05) is 0 Å². The van der Waals surface area contributed by atoms with Crippen molar-refractivity contribution in [3.05, 3.63) is 24.0 Å². The number of aromatic nitrogens is 1. The van der Waals surface area contributed by atoms with Gasteiger partial charge in [-0.1, -0.05) is 25.2 Å². The summed E-state index contributed by atoms with van der Waals surface area (Å²) in [6.45, 7) is 6.55. The molecule has 2 rings (SSSR count). The van der Waals surface area contributed by atoms with Crippen molar-refractivity contribution in [3.8, 4) is 0 Å². The number of anilines is 1. The van der Waals surface area contributed by atoms with E-state index < -0.39 is 0 Å². The van der Waals surface area contributed by atoms with Gasteiger partial charge in [0, 0.05) is 12.1 Å². The van der Waals surface area contributed by atoms with Gasteiger partial charge in [-0.15, -0.1) is 0 Å². The van der Waals surface area contributed by atoms with Crippen molar-refractivity contribution in [3.63, 3.8) is 0 Å². The number of hydrogen-bond donors (Lipinski definition) is 1. The molecule has 0 saturated heterocycles. The van der Waals surface area contributed by atoms with Crippen molar-refractivity contribution in [2.45, 2.75) is 33.2 Å². The minimum Gasteiger partial charge on any atom is -0.359 e. The van der Waals surface area contributed by atoms with Crippen LogP contribution >= 0.6 is 11.3 Å². The Bertz CT molecular complexity index is 507. The van der Waals surface area contributed by atoms with Crippen LogP contribution < -0.4 is 5.32 Å². The van der Waals surface area contributed by atoms with Gasteiger partial charge in [0.2, 0.25) is 0 Å². The van der Waals surface area contributed by atoms with Crippen molar-refractivity contribution in [2.24, 2.45) is 5.92 Å². The Morgan fingerprint density at radius 2 is 2.12 bits per heavy atom. The molecule has 1 unspecified atom stereocenters. The Hall–Kier alpha value is -1.16. The minimum atomic E-state index is -0.232. The molecule has 0 aliphatic rings. The first-order chi connectivity index (χ1) is 8.04. The Balaban J connectivity index is 2.14. The SMILES string of the molecule is CC(C)CC(C)Nc1nc2cc(F)ccc2s1. The van der Waals surface area contributed by atoms with E-state index in [1.54, 1.807) is 17.4 Å². The molecule has 1 N–H and O–H groups in total. The van der Waals surface area contributed by atoms with E-state index in [9.17, 15) is 4.39 Å². The van der Waals surface area contributed by atoms with Crippen LogP contribution in [0.2, 0.25) is 0 Å². The molecule has 2 nitrogen and oxygen atoms in total. The van der Waals surface area contributed by atoms with Gasteiger partial charge in [-0.05, 0) is 31.4 Å². The summed E-state index contributed by atoms with van der Waals surface area (Å²) in [4.78, 5) is 4.39. The summed E-state index contributed by atoms with van der Waals surface area (Å²) in [5.74, 6) is 0.425. The molecule has 1 aromatic heterocycles. The van der Waals surface area contributed by atoms with Crippen LogP contribution in [-0.4, -0.2) is 11.0 Å². The Labute approximate surface area is 105 Å². The quantitative estimate of drug-likeness (QED) is 0.878. The number of hydrogen-bond acceptors (Lipinski definition) is 3. The number of rotatable bonds is 4. The first-order valence-electron chi connectivity index (χ1n) is 5.87. The number of fused-ring (bicyclic) bond motifs is 1. The zero-order valence-electron chi connectivity index (χ0n) is 10.3. The molecular weight excluding hydrogens is 235 g/mol. The maximum Gasteiger partial charge on any atom is 0.184 e. The molecule has 1 aromatic carbocycles. The second-order valence-electron chi connectivity index (χ2n) is 4.81. The van der Waals surface area contributed by atoms with Gasteiger partial charge < -0.3 is 5.32 Å². The highest BCUT2D eigenvalue weighted by molar-refractivity contribution is 7.22. The van der Waals surface area contributed by atoms with E-state index in [2.05, 4.69) is 31.1 Å². The number of nitrogens with one attached hydrogen (secondary N) is 1. The smallest absolute Gasteiger partial charge is 0.184 e. The molecular formula is C13H17FN2S. The largest absolute Gasteiger partial charge is 0.359 e. The molecule has 0 bridgehead atoms. The van der Waals surface area contributed by atoms with Crippen LogP contribution in [0.15, 0.2) is 18.2 Å². The standard InChI is InChI=1S/C13H17FN2S/c1-8(2)6-9(3)15-13-16-11-7-10(14)4-5-12(11)17-13/h4-5,7-9H,6H2,1-3H3,(H,15,16). The predicted octanol–water partition coefficient (Wildman–Crippen LogP) is 4.28. The minimum absolute atomic E-state index is 0.232. The molecule has 0 spiro atoms. The van der Waals surface area contributed by atoms with Crippen LogP contribution in [0, 0.1) is 11.7 Å². The first kappa shape index (κ1) is 12.3. The third-order valence-corrected chi connectivity index (χ3v) is 3.51. The van der Waals surface area contributed by atoms with Crippen LogP contribution in [0.5, 0.6) is 0 Å². The summed E-state index contributed by atoms with van der Waals surface area (Å²) >= 11 is 1.57. The van der Waals surface area contributed by atoms with Crippen molar-refractivity contribution >= 4 is 26.7 Å². The average Bonchev–Trinajstić information content (AvgIpc) is 2.57. The maximum absolute atomic E-state index is 13.0. The zero-order valence-corrected chi connectivity index (χ0v) is 11.1. The van der Waals surface area contributed by atoms with Crippen molar-refractivity contribution < 1.29 is 4.39 Å². The Kier molecular flexibility index (Phi) is 3.62. The van der Waals surface area contributed by atoms with Crippen LogP contribution in [-0.2, 0) is 0 Å². The fourth-order valence-electron chi connectivity index (χ4n) is 1.94. The molecule has 0 aliphatic carbocycles. The second kappa shape index (κ2) is 5.00. The van der Waals surface area contributed by atoms with Gasteiger partial charge in [0.15, 0.2) is 5.13 Å². The van der Waals surface area contributed by atoms with E-state index in [1.165, 1.54) is 12.1 Å². The number of thiazole rings is 1. The third-order valence-electron chi connectivity index (χ3n) is 2.54. The second-order valence-corrected chi connectivity index (χ2v) is 5.84. The molecule has 17 heavy (non-hydrogen) atoms. The van der Waals surface area contributed by atoms with E-state index >= 15 is 0 Å². The lowest BCUT2D eigenvalue weighted by Gasteiger charge is -2.14. The summed E-state index contributed by atoms with van der Waals surface area (Å²) in [7, 11) is 0. The number of benzene rings is 1. The third kappa shape index (κ3) is 3.16. The summed E-state index contributed by atoms with van der Waals surface area (Å²) < 4.78 is 14.0. The van der Waals surface area contributed by atoms with Gasteiger partial charge in [0.1, 0.15) is 5.82 Å². The van der Waals surface area contributed by atoms with Gasteiger partial charge in [0.25, 0.3) is 0 Å². The Morgan fingerprint density at radius 1 is 1.35 bits per heavy atom. The highest BCUT2D eigenvalue weighted by Gasteiger charge is 2.09.